The lowest BCUT2D eigenvalue weighted by Gasteiger charge is -2.27. The summed E-state index contributed by atoms with van der Waals surface area (Å²) in [4.78, 5) is 0. The molecule has 1 nitrogen and oxygen atoms in total. The first-order valence-electron chi connectivity index (χ1n) is 7.32. The van der Waals surface area contributed by atoms with E-state index in [4.69, 9.17) is 11.6 Å². The molecule has 0 aromatic heterocycles. The van der Waals surface area contributed by atoms with E-state index in [1.54, 1.807) is 12.1 Å². The van der Waals surface area contributed by atoms with Crippen LogP contribution in [0.5, 0.6) is 0 Å². The van der Waals surface area contributed by atoms with Crippen molar-refractivity contribution in [1.82, 2.24) is 5.32 Å². The number of hydrogen-bond donors (Lipinski definition) is 1. The Hall–Kier alpha value is -1.38. The van der Waals surface area contributed by atoms with Gasteiger partial charge in [0.05, 0.1) is 5.02 Å². The lowest BCUT2D eigenvalue weighted by atomic mass is 9.84. The van der Waals surface area contributed by atoms with Gasteiger partial charge in [-0.2, -0.15) is 0 Å². The molecule has 2 aromatic carbocycles. The SMILES string of the molecule is CNC(Cc1ccc(Cl)c(F)c1)C1(c2ccccc2)CC1. The predicted octanol–water partition coefficient (Wildman–Crippen LogP) is 4.34. The van der Waals surface area contributed by atoms with Crippen LogP contribution in [0.3, 0.4) is 0 Å². The van der Waals surface area contributed by atoms with Crippen molar-refractivity contribution in [3.63, 3.8) is 0 Å². The molecule has 0 saturated heterocycles. The van der Waals surface area contributed by atoms with Crippen molar-refractivity contribution in [3.8, 4) is 0 Å². The summed E-state index contributed by atoms with van der Waals surface area (Å²) < 4.78 is 13.6. The highest BCUT2D eigenvalue weighted by molar-refractivity contribution is 6.30. The van der Waals surface area contributed by atoms with Crippen molar-refractivity contribution in [1.29, 1.82) is 0 Å². The molecule has 3 rings (SSSR count). The zero-order valence-corrected chi connectivity index (χ0v) is 12.8. The first-order valence-corrected chi connectivity index (χ1v) is 7.70. The maximum absolute atomic E-state index is 13.6. The van der Waals surface area contributed by atoms with Crippen LogP contribution in [0.4, 0.5) is 4.39 Å². The fourth-order valence-electron chi connectivity index (χ4n) is 3.22. The molecule has 3 heteroatoms. The Kier molecular flexibility index (Phi) is 4.01. The quantitative estimate of drug-likeness (QED) is 0.866. The van der Waals surface area contributed by atoms with E-state index in [1.807, 2.05) is 19.2 Å². The van der Waals surface area contributed by atoms with E-state index in [1.165, 1.54) is 18.4 Å². The minimum absolute atomic E-state index is 0.184. The molecule has 0 aliphatic heterocycles. The van der Waals surface area contributed by atoms with Gasteiger partial charge in [-0.05, 0) is 49.6 Å². The Morgan fingerprint density at radius 2 is 1.90 bits per heavy atom. The number of likely N-dealkylation sites (N-methyl/N-ethyl adjacent to an activating group) is 1. The average Bonchev–Trinajstić information content (AvgIpc) is 3.31. The molecule has 1 atom stereocenters. The zero-order valence-electron chi connectivity index (χ0n) is 12.1. The molecule has 0 heterocycles. The largest absolute Gasteiger partial charge is 0.316 e. The van der Waals surface area contributed by atoms with Gasteiger partial charge in [0.25, 0.3) is 0 Å². The Bertz CT molecular complexity index is 622. The third-order valence-corrected chi connectivity index (χ3v) is 4.88. The van der Waals surface area contributed by atoms with Gasteiger partial charge in [-0.1, -0.05) is 48.0 Å². The summed E-state index contributed by atoms with van der Waals surface area (Å²) in [6.07, 6.45) is 3.16. The zero-order chi connectivity index (χ0) is 14.9. The lowest BCUT2D eigenvalue weighted by molar-refractivity contribution is 0.442. The standard InChI is InChI=1S/C18H19ClFN/c1-21-17(12-13-7-8-15(19)16(20)11-13)18(9-10-18)14-5-3-2-4-6-14/h2-8,11,17,21H,9-10,12H2,1H3. The fraction of sp³-hybridized carbons (Fsp3) is 0.333. The van der Waals surface area contributed by atoms with Crippen LogP contribution in [0.25, 0.3) is 0 Å². The molecule has 1 aliphatic rings. The fourth-order valence-corrected chi connectivity index (χ4v) is 3.34. The molecule has 21 heavy (non-hydrogen) atoms. The molecule has 1 aliphatic carbocycles. The monoisotopic (exact) mass is 303 g/mol. The van der Waals surface area contributed by atoms with Crippen molar-refractivity contribution in [3.05, 3.63) is 70.5 Å². The van der Waals surface area contributed by atoms with Gasteiger partial charge in [0, 0.05) is 11.5 Å². The van der Waals surface area contributed by atoms with E-state index in [9.17, 15) is 4.39 Å². The van der Waals surface area contributed by atoms with Gasteiger partial charge in [-0.25, -0.2) is 4.39 Å². The number of nitrogens with one attached hydrogen (secondary N) is 1. The van der Waals surface area contributed by atoms with Crippen molar-refractivity contribution in [2.75, 3.05) is 7.05 Å². The summed E-state index contributed by atoms with van der Waals surface area (Å²) in [5, 5.41) is 3.61. The molecule has 1 fully saturated rings. The first-order chi connectivity index (χ1) is 10.2. The number of benzene rings is 2. The van der Waals surface area contributed by atoms with E-state index in [-0.39, 0.29) is 16.3 Å². The highest BCUT2D eigenvalue weighted by Gasteiger charge is 2.49. The summed E-state index contributed by atoms with van der Waals surface area (Å²) in [5.74, 6) is -0.339. The molecular weight excluding hydrogens is 285 g/mol. The third kappa shape index (κ3) is 2.83. The van der Waals surface area contributed by atoms with E-state index >= 15 is 0 Å². The van der Waals surface area contributed by atoms with Crippen LogP contribution in [0.15, 0.2) is 48.5 Å². The number of rotatable bonds is 5. The molecule has 0 bridgehead atoms. The summed E-state index contributed by atoms with van der Waals surface area (Å²) in [5.41, 5.74) is 2.55. The van der Waals surface area contributed by atoms with Gasteiger partial charge in [0.2, 0.25) is 0 Å². The summed E-state index contributed by atoms with van der Waals surface area (Å²) >= 11 is 5.76. The second-order valence-electron chi connectivity index (χ2n) is 5.82. The minimum atomic E-state index is -0.339. The van der Waals surface area contributed by atoms with E-state index in [0.29, 0.717) is 6.04 Å². The van der Waals surface area contributed by atoms with Crippen LogP contribution >= 0.6 is 11.6 Å². The highest BCUT2D eigenvalue weighted by atomic mass is 35.5. The topological polar surface area (TPSA) is 12.0 Å². The molecule has 0 spiro atoms. The van der Waals surface area contributed by atoms with Crippen molar-refractivity contribution >= 4 is 11.6 Å². The van der Waals surface area contributed by atoms with Gasteiger partial charge in [-0.15, -0.1) is 0 Å². The van der Waals surface area contributed by atoms with E-state index in [2.05, 4.69) is 29.6 Å². The molecule has 110 valence electrons. The van der Waals surface area contributed by atoms with Gasteiger partial charge in [0.15, 0.2) is 0 Å². The van der Waals surface area contributed by atoms with Crippen LogP contribution in [0.1, 0.15) is 24.0 Å². The maximum atomic E-state index is 13.6. The van der Waals surface area contributed by atoms with Crippen molar-refractivity contribution < 1.29 is 4.39 Å². The smallest absolute Gasteiger partial charge is 0.142 e. The second-order valence-corrected chi connectivity index (χ2v) is 6.22. The van der Waals surface area contributed by atoms with Crippen LogP contribution in [0.2, 0.25) is 5.02 Å². The first kappa shape index (κ1) is 14.6. The van der Waals surface area contributed by atoms with Crippen molar-refractivity contribution in [2.45, 2.75) is 30.7 Å². The van der Waals surface area contributed by atoms with Gasteiger partial charge in [0.1, 0.15) is 5.82 Å². The van der Waals surface area contributed by atoms with Crippen LogP contribution in [-0.2, 0) is 11.8 Å². The molecule has 2 aromatic rings. The Balaban J connectivity index is 1.84. The lowest BCUT2D eigenvalue weighted by Crippen LogP contribution is -2.39. The summed E-state index contributed by atoms with van der Waals surface area (Å²) in [6, 6.07) is 16.0. The van der Waals surface area contributed by atoms with Crippen LogP contribution < -0.4 is 5.32 Å². The molecule has 0 radical (unpaired) electrons. The number of halogens is 2. The molecule has 1 N–H and O–H groups in total. The maximum Gasteiger partial charge on any atom is 0.142 e. The predicted molar refractivity (Wildman–Crippen MR) is 85.3 cm³/mol. The number of hydrogen-bond acceptors (Lipinski definition) is 1. The molecule has 1 unspecified atom stereocenters. The minimum Gasteiger partial charge on any atom is -0.316 e. The second kappa shape index (κ2) is 5.78. The molecule has 0 amide bonds. The molecule has 1 saturated carbocycles. The van der Waals surface area contributed by atoms with Crippen LogP contribution in [-0.4, -0.2) is 13.1 Å². The third-order valence-electron chi connectivity index (χ3n) is 4.58. The summed E-state index contributed by atoms with van der Waals surface area (Å²) in [6.45, 7) is 0. The highest BCUT2D eigenvalue weighted by Crippen LogP contribution is 2.51. The van der Waals surface area contributed by atoms with E-state index < -0.39 is 0 Å². The summed E-state index contributed by atoms with van der Waals surface area (Å²) in [7, 11) is 1.99. The van der Waals surface area contributed by atoms with E-state index in [0.717, 1.165) is 12.0 Å². The van der Waals surface area contributed by atoms with Crippen molar-refractivity contribution in [2.24, 2.45) is 0 Å². The average molecular weight is 304 g/mol. The van der Waals surface area contributed by atoms with Crippen LogP contribution in [0, 0.1) is 5.82 Å². The molecular formula is C18H19ClFN. The van der Waals surface area contributed by atoms with Gasteiger partial charge >= 0.3 is 0 Å². The van der Waals surface area contributed by atoms with Gasteiger partial charge in [-0.3, -0.25) is 0 Å². The van der Waals surface area contributed by atoms with Gasteiger partial charge < -0.3 is 5.32 Å². The normalized spacial score (nSPS) is 17.5. The Labute approximate surface area is 130 Å². The Morgan fingerprint density at radius 3 is 2.48 bits per heavy atom. The Morgan fingerprint density at radius 1 is 1.19 bits per heavy atom.